The fourth-order valence-electron chi connectivity index (χ4n) is 3.29. The van der Waals surface area contributed by atoms with Crippen LogP contribution in [0.15, 0.2) is 53.4 Å². The standard InChI is InChI=1S/C21H28N2O3S/c1-16(2)17-5-11-20(12-6-17)27(24,25)22-18-7-9-19(10-8-18)23-13-14-26-15-21(23,3)4/h5-12,16,22H,13-15H2,1-4H3. The van der Waals surface area contributed by atoms with Gasteiger partial charge < -0.3 is 9.64 Å². The zero-order valence-electron chi connectivity index (χ0n) is 16.4. The second-order valence-corrected chi connectivity index (χ2v) is 9.58. The lowest BCUT2D eigenvalue weighted by Gasteiger charge is -2.43. The van der Waals surface area contributed by atoms with Crippen molar-refractivity contribution in [2.24, 2.45) is 0 Å². The van der Waals surface area contributed by atoms with Gasteiger partial charge in [0, 0.05) is 17.9 Å². The van der Waals surface area contributed by atoms with Crippen molar-refractivity contribution >= 4 is 21.4 Å². The molecule has 1 aliphatic rings. The van der Waals surface area contributed by atoms with Crippen LogP contribution in [0.1, 0.15) is 39.2 Å². The van der Waals surface area contributed by atoms with Crippen molar-refractivity contribution in [3.05, 3.63) is 54.1 Å². The molecule has 0 amide bonds. The zero-order valence-corrected chi connectivity index (χ0v) is 17.2. The van der Waals surface area contributed by atoms with E-state index in [1.54, 1.807) is 24.3 Å². The van der Waals surface area contributed by atoms with E-state index < -0.39 is 10.0 Å². The number of ether oxygens (including phenoxy) is 1. The topological polar surface area (TPSA) is 58.6 Å². The summed E-state index contributed by atoms with van der Waals surface area (Å²) in [5.74, 6) is 0.367. The number of hydrogen-bond donors (Lipinski definition) is 1. The number of nitrogens with zero attached hydrogens (tertiary/aromatic N) is 1. The molecule has 27 heavy (non-hydrogen) atoms. The lowest BCUT2D eigenvalue weighted by atomic mass is 10.0. The van der Waals surface area contributed by atoms with E-state index >= 15 is 0 Å². The molecule has 2 aromatic rings. The van der Waals surface area contributed by atoms with E-state index in [1.807, 2.05) is 24.3 Å². The highest BCUT2D eigenvalue weighted by Gasteiger charge is 2.30. The van der Waals surface area contributed by atoms with Crippen LogP contribution in [0.25, 0.3) is 0 Å². The monoisotopic (exact) mass is 388 g/mol. The van der Waals surface area contributed by atoms with Crippen LogP contribution in [0.4, 0.5) is 11.4 Å². The highest BCUT2D eigenvalue weighted by Crippen LogP contribution is 2.28. The molecule has 3 rings (SSSR count). The molecule has 0 spiro atoms. The summed E-state index contributed by atoms with van der Waals surface area (Å²) in [4.78, 5) is 2.56. The van der Waals surface area contributed by atoms with Crippen LogP contribution in [0.2, 0.25) is 0 Å². The third-order valence-electron chi connectivity index (χ3n) is 4.93. The average Bonchev–Trinajstić information content (AvgIpc) is 2.62. The molecule has 1 aliphatic heterocycles. The summed E-state index contributed by atoms with van der Waals surface area (Å²) in [5, 5.41) is 0. The van der Waals surface area contributed by atoms with Gasteiger partial charge in [-0.3, -0.25) is 4.72 Å². The number of nitrogens with one attached hydrogen (secondary N) is 1. The third kappa shape index (κ3) is 4.45. The summed E-state index contributed by atoms with van der Waals surface area (Å²) in [5.41, 5.74) is 2.65. The Hall–Kier alpha value is -2.05. The minimum Gasteiger partial charge on any atom is -0.377 e. The fourth-order valence-corrected chi connectivity index (χ4v) is 4.35. The maximum absolute atomic E-state index is 12.6. The number of benzene rings is 2. The summed E-state index contributed by atoms with van der Waals surface area (Å²) >= 11 is 0. The number of morpholine rings is 1. The lowest BCUT2D eigenvalue weighted by Crippen LogP contribution is -2.53. The Kier molecular flexibility index (Phi) is 5.49. The van der Waals surface area contributed by atoms with Crippen molar-refractivity contribution in [2.45, 2.75) is 44.0 Å². The highest BCUT2D eigenvalue weighted by molar-refractivity contribution is 7.92. The van der Waals surface area contributed by atoms with Crippen LogP contribution >= 0.6 is 0 Å². The normalized spacial score (nSPS) is 17.1. The van der Waals surface area contributed by atoms with Crippen molar-refractivity contribution in [2.75, 3.05) is 29.4 Å². The van der Waals surface area contributed by atoms with Crippen LogP contribution in [-0.4, -0.2) is 33.7 Å². The minimum absolute atomic E-state index is 0.0859. The number of rotatable bonds is 5. The van der Waals surface area contributed by atoms with E-state index in [-0.39, 0.29) is 10.4 Å². The predicted octanol–water partition coefficient (Wildman–Crippen LogP) is 4.23. The summed E-state index contributed by atoms with van der Waals surface area (Å²) in [6.45, 7) is 10.6. The van der Waals surface area contributed by atoms with Crippen LogP contribution in [0.5, 0.6) is 0 Å². The van der Waals surface area contributed by atoms with Crippen molar-refractivity contribution in [3.8, 4) is 0 Å². The number of hydrogen-bond acceptors (Lipinski definition) is 4. The molecule has 5 nitrogen and oxygen atoms in total. The second-order valence-electron chi connectivity index (χ2n) is 7.89. The van der Waals surface area contributed by atoms with Gasteiger partial charge in [-0.1, -0.05) is 26.0 Å². The highest BCUT2D eigenvalue weighted by atomic mass is 32.2. The Morgan fingerprint density at radius 3 is 2.22 bits per heavy atom. The van der Waals surface area contributed by atoms with Gasteiger partial charge in [-0.2, -0.15) is 0 Å². The fraction of sp³-hybridized carbons (Fsp3) is 0.429. The quantitative estimate of drug-likeness (QED) is 0.833. The molecule has 6 heteroatoms. The summed E-state index contributed by atoms with van der Waals surface area (Å²) in [6, 6.07) is 14.6. The van der Waals surface area contributed by atoms with Gasteiger partial charge in [0.2, 0.25) is 0 Å². The van der Waals surface area contributed by atoms with Crippen LogP contribution in [0, 0.1) is 0 Å². The van der Waals surface area contributed by atoms with E-state index in [2.05, 4.69) is 37.3 Å². The second kappa shape index (κ2) is 7.52. The Balaban J connectivity index is 1.75. The van der Waals surface area contributed by atoms with Gasteiger partial charge in [-0.05, 0) is 61.7 Å². The largest absolute Gasteiger partial charge is 0.377 e. The van der Waals surface area contributed by atoms with Crippen molar-refractivity contribution in [1.82, 2.24) is 0 Å². The molecule has 0 aromatic heterocycles. The van der Waals surface area contributed by atoms with Gasteiger partial charge >= 0.3 is 0 Å². The molecule has 146 valence electrons. The molecule has 0 atom stereocenters. The third-order valence-corrected chi connectivity index (χ3v) is 6.33. The number of sulfonamides is 1. The molecule has 1 heterocycles. The summed E-state index contributed by atoms with van der Waals surface area (Å²) in [7, 11) is -3.60. The SMILES string of the molecule is CC(C)c1ccc(S(=O)(=O)Nc2ccc(N3CCOCC3(C)C)cc2)cc1. The van der Waals surface area contributed by atoms with Crippen molar-refractivity contribution in [3.63, 3.8) is 0 Å². The lowest BCUT2D eigenvalue weighted by molar-refractivity contribution is 0.0644. The minimum atomic E-state index is -3.60. The molecule has 0 aliphatic carbocycles. The first kappa shape index (κ1) is 19.7. The first-order valence-electron chi connectivity index (χ1n) is 9.27. The molecule has 1 fully saturated rings. The van der Waals surface area contributed by atoms with Gasteiger partial charge in [0.15, 0.2) is 0 Å². The molecular weight excluding hydrogens is 360 g/mol. The Labute approximate surface area is 162 Å². The van der Waals surface area contributed by atoms with E-state index in [0.29, 0.717) is 24.8 Å². The van der Waals surface area contributed by atoms with Crippen LogP contribution < -0.4 is 9.62 Å². The Morgan fingerprint density at radius 1 is 1.04 bits per heavy atom. The molecule has 0 bridgehead atoms. The van der Waals surface area contributed by atoms with Crippen molar-refractivity contribution < 1.29 is 13.2 Å². The Bertz CT molecular complexity index is 873. The molecule has 0 radical (unpaired) electrons. The molecule has 2 aromatic carbocycles. The van der Waals surface area contributed by atoms with E-state index in [4.69, 9.17) is 4.74 Å². The smallest absolute Gasteiger partial charge is 0.261 e. The predicted molar refractivity (Wildman–Crippen MR) is 110 cm³/mol. The van der Waals surface area contributed by atoms with E-state index in [0.717, 1.165) is 17.8 Å². The van der Waals surface area contributed by atoms with Gasteiger partial charge in [-0.15, -0.1) is 0 Å². The van der Waals surface area contributed by atoms with Crippen molar-refractivity contribution in [1.29, 1.82) is 0 Å². The van der Waals surface area contributed by atoms with Gasteiger partial charge in [0.05, 0.1) is 23.6 Å². The molecule has 1 saturated heterocycles. The molecule has 0 unspecified atom stereocenters. The van der Waals surface area contributed by atoms with Gasteiger partial charge in [0.25, 0.3) is 10.0 Å². The zero-order chi connectivity index (χ0) is 19.7. The molecule has 1 N–H and O–H groups in total. The summed E-state index contributed by atoms with van der Waals surface area (Å²) < 4.78 is 33.5. The van der Waals surface area contributed by atoms with E-state index in [9.17, 15) is 8.42 Å². The first-order chi connectivity index (χ1) is 12.7. The molecular formula is C21H28N2O3S. The van der Waals surface area contributed by atoms with Gasteiger partial charge in [0.1, 0.15) is 0 Å². The van der Waals surface area contributed by atoms with Crippen LogP contribution in [-0.2, 0) is 14.8 Å². The maximum Gasteiger partial charge on any atom is 0.261 e. The molecule has 0 saturated carbocycles. The Morgan fingerprint density at radius 2 is 1.67 bits per heavy atom. The van der Waals surface area contributed by atoms with Crippen LogP contribution in [0.3, 0.4) is 0 Å². The maximum atomic E-state index is 12.6. The average molecular weight is 389 g/mol. The summed E-state index contributed by atoms with van der Waals surface area (Å²) in [6.07, 6.45) is 0. The van der Waals surface area contributed by atoms with E-state index in [1.165, 1.54) is 0 Å². The van der Waals surface area contributed by atoms with Gasteiger partial charge in [-0.25, -0.2) is 8.42 Å². The number of anilines is 2. The first-order valence-corrected chi connectivity index (χ1v) is 10.8.